The minimum Gasteiger partial charge on any atom is -0.487 e. The molecule has 1 fully saturated rings. The Labute approximate surface area is 165 Å². The first-order valence-electron chi connectivity index (χ1n) is 9.74. The van der Waals surface area contributed by atoms with Crippen LogP contribution in [-0.4, -0.2) is 49.4 Å². The standard InChI is InChI=1S/C21H25FN2O3S/c1-2-24-18-11-13-23(15-16-7-3-4-8-17(16)22)14-12-19(18)27-20-9-5-6-10-21(20)28(24,25)26/h3-10,18-19H,2,11-15H2,1H3/t18-,19-/m1/s1. The summed E-state index contributed by atoms with van der Waals surface area (Å²) >= 11 is 0. The minimum atomic E-state index is -3.61. The molecule has 0 amide bonds. The van der Waals surface area contributed by atoms with Crippen LogP contribution in [0.3, 0.4) is 0 Å². The smallest absolute Gasteiger partial charge is 0.247 e. The highest BCUT2D eigenvalue weighted by Gasteiger charge is 2.42. The Morgan fingerprint density at radius 2 is 1.79 bits per heavy atom. The Balaban J connectivity index is 1.61. The quantitative estimate of drug-likeness (QED) is 0.788. The summed E-state index contributed by atoms with van der Waals surface area (Å²) in [6.45, 7) is 4.21. The Kier molecular flexibility index (Phi) is 5.40. The van der Waals surface area contributed by atoms with Crippen molar-refractivity contribution in [2.24, 2.45) is 0 Å². The van der Waals surface area contributed by atoms with Gasteiger partial charge in [-0.3, -0.25) is 4.90 Å². The molecule has 0 bridgehead atoms. The third kappa shape index (κ3) is 3.54. The van der Waals surface area contributed by atoms with Crippen LogP contribution in [0.4, 0.5) is 4.39 Å². The van der Waals surface area contributed by atoms with Crippen LogP contribution >= 0.6 is 0 Å². The molecule has 0 N–H and O–H groups in total. The van der Waals surface area contributed by atoms with Crippen LogP contribution < -0.4 is 4.74 Å². The van der Waals surface area contributed by atoms with Crippen LogP contribution in [-0.2, 0) is 16.6 Å². The third-order valence-electron chi connectivity index (χ3n) is 5.65. The first-order chi connectivity index (χ1) is 13.5. The normalized spacial score (nSPS) is 25.1. The topological polar surface area (TPSA) is 49.9 Å². The number of benzene rings is 2. The molecule has 0 unspecified atom stereocenters. The van der Waals surface area contributed by atoms with E-state index in [-0.39, 0.29) is 22.9 Å². The fourth-order valence-electron chi connectivity index (χ4n) is 4.24. The van der Waals surface area contributed by atoms with Gasteiger partial charge in [0.2, 0.25) is 10.0 Å². The predicted molar refractivity (Wildman–Crippen MR) is 105 cm³/mol. The van der Waals surface area contributed by atoms with Gasteiger partial charge in [-0.25, -0.2) is 12.8 Å². The zero-order chi connectivity index (χ0) is 19.7. The summed E-state index contributed by atoms with van der Waals surface area (Å²) in [7, 11) is -3.61. The Morgan fingerprint density at radius 3 is 2.57 bits per heavy atom. The highest BCUT2D eigenvalue weighted by Crippen LogP contribution is 2.36. The number of fused-ring (bicyclic) bond motifs is 2. The number of likely N-dealkylation sites (N-methyl/N-ethyl adjacent to an activating group) is 1. The van der Waals surface area contributed by atoms with Crippen LogP contribution in [0.1, 0.15) is 25.3 Å². The number of hydrogen-bond donors (Lipinski definition) is 0. The van der Waals surface area contributed by atoms with Crippen molar-refractivity contribution >= 4 is 10.0 Å². The highest BCUT2D eigenvalue weighted by atomic mass is 32.2. The van der Waals surface area contributed by atoms with E-state index in [4.69, 9.17) is 4.74 Å². The second kappa shape index (κ2) is 7.81. The molecule has 2 aliphatic heterocycles. The van der Waals surface area contributed by atoms with Crippen LogP contribution in [0, 0.1) is 5.82 Å². The molecule has 0 aromatic heterocycles. The monoisotopic (exact) mass is 404 g/mol. The fourth-order valence-corrected chi connectivity index (χ4v) is 6.05. The van der Waals surface area contributed by atoms with Gasteiger partial charge in [-0.15, -0.1) is 0 Å². The van der Waals surface area contributed by atoms with Crippen molar-refractivity contribution in [1.82, 2.24) is 9.21 Å². The predicted octanol–water partition coefficient (Wildman–Crippen LogP) is 3.26. The lowest BCUT2D eigenvalue weighted by Crippen LogP contribution is -2.46. The van der Waals surface area contributed by atoms with Gasteiger partial charge in [-0.05, 0) is 31.0 Å². The number of halogens is 1. The molecule has 2 aromatic carbocycles. The molecule has 150 valence electrons. The molecular formula is C21H25FN2O3S. The molecule has 28 heavy (non-hydrogen) atoms. The number of ether oxygens (including phenoxy) is 1. The summed E-state index contributed by atoms with van der Waals surface area (Å²) in [4.78, 5) is 2.43. The van der Waals surface area contributed by atoms with E-state index in [1.54, 1.807) is 40.7 Å². The van der Waals surface area contributed by atoms with Gasteiger partial charge in [0.1, 0.15) is 22.6 Å². The summed E-state index contributed by atoms with van der Waals surface area (Å²) in [6, 6.07) is 13.4. The number of likely N-dealkylation sites (tertiary alicyclic amines) is 1. The average Bonchev–Trinajstić information content (AvgIpc) is 2.92. The van der Waals surface area contributed by atoms with Crippen LogP contribution in [0.2, 0.25) is 0 Å². The molecule has 4 rings (SSSR count). The van der Waals surface area contributed by atoms with Crippen molar-refractivity contribution in [3.8, 4) is 5.75 Å². The number of sulfonamides is 1. The molecule has 0 saturated carbocycles. The van der Waals surface area contributed by atoms with E-state index in [1.807, 2.05) is 13.0 Å². The van der Waals surface area contributed by atoms with Crippen LogP contribution in [0.15, 0.2) is 53.4 Å². The maximum atomic E-state index is 14.0. The molecule has 1 saturated heterocycles. The lowest BCUT2D eigenvalue weighted by molar-refractivity contribution is 0.115. The van der Waals surface area contributed by atoms with Crippen molar-refractivity contribution in [3.05, 3.63) is 59.9 Å². The van der Waals surface area contributed by atoms with E-state index >= 15 is 0 Å². The lowest BCUT2D eigenvalue weighted by Gasteiger charge is -2.30. The minimum absolute atomic E-state index is 0.205. The second-order valence-electron chi connectivity index (χ2n) is 7.32. The maximum Gasteiger partial charge on any atom is 0.247 e. The summed E-state index contributed by atoms with van der Waals surface area (Å²) in [5.41, 5.74) is 0.663. The van der Waals surface area contributed by atoms with E-state index in [2.05, 4.69) is 4.90 Å². The van der Waals surface area contributed by atoms with Gasteiger partial charge in [0.25, 0.3) is 0 Å². The Morgan fingerprint density at radius 1 is 1.07 bits per heavy atom. The zero-order valence-corrected chi connectivity index (χ0v) is 16.7. The lowest BCUT2D eigenvalue weighted by atomic mass is 10.1. The molecule has 2 heterocycles. The molecule has 0 aliphatic carbocycles. The number of nitrogens with zero attached hydrogens (tertiary/aromatic N) is 2. The molecule has 2 atom stereocenters. The summed E-state index contributed by atoms with van der Waals surface area (Å²) in [5.74, 6) is 0.222. The largest absolute Gasteiger partial charge is 0.487 e. The first kappa shape index (κ1) is 19.4. The van der Waals surface area contributed by atoms with Crippen LogP contribution in [0.5, 0.6) is 5.75 Å². The first-order valence-corrected chi connectivity index (χ1v) is 11.2. The van der Waals surface area contributed by atoms with Gasteiger partial charge in [-0.2, -0.15) is 4.31 Å². The number of para-hydroxylation sites is 1. The zero-order valence-electron chi connectivity index (χ0n) is 15.9. The Hall–Kier alpha value is -1.96. The van der Waals surface area contributed by atoms with Gasteiger partial charge >= 0.3 is 0 Å². The van der Waals surface area contributed by atoms with Crippen molar-refractivity contribution in [1.29, 1.82) is 0 Å². The highest BCUT2D eigenvalue weighted by molar-refractivity contribution is 7.89. The van der Waals surface area contributed by atoms with Gasteiger partial charge in [0.05, 0.1) is 6.04 Å². The molecule has 0 spiro atoms. The summed E-state index contributed by atoms with van der Waals surface area (Å²) in [5, 5.41) is 0. The Bertz CT molecular complexity index is 950. The average molecular weight is 405 g/mol. The van der Waals surface area contributed by atoms with Gasteiger partial charge in [0.15, 0.2) is 0 Å². The van der Waals surface area contributed by atoms with Gasteiger partial charge < -0.3 is 4.74 Å². The van der Waals surface area contributed by atoms with Crippen molar-refractivity contribution in [3.63, 3.8) is 0 Å². The van der Waals surface area contributed by atoms with Crippen molar-refractivity contribution < 1.29 is 17.5 Å². The van der Waals surface area contributed by atoms with E-state index in [9.17, 15) is 12.8 Å². The molecule has 2 aromatic rings. The second-order valence-corrected chi connectivity index (χ2v) is 9.18. The molecule has 5 nitrogen and oxygen atoms in total. The maximum absolute atomic E-state index is 14.0. The van der Waals surface area contributed by atoms with E-state index < -0.39 is 10.0 Å². The van der Waals surface area contributed by atoms with Crippen molar-refractivity contribution in [2.45, 2.75) is 43.4 Å². The van der Waals surface area contributed by atoms with Crippen molar-refractivity contribution in [2.75, 3.05) is 19.6 Å². The van der Waals surface area contributed by atoms with E-state index in [0.29, 0.717) is 43.8 Å². The number of hydrogen-bond acceptors (Lipinski definition) is 4. The number of rotatable bonds is 3. The summed E-state index contributed by atoms with van der Waals surface area (Å²) < 4.78 is 48.3. The SMILES string of the molecule is CCN1[C@@H]2CCN(Cc3ccccc3F)CC[C@H]2Oc2ccccc2S1(=O)=O. The summed E-state index contributed by atoms with van der Waals surface area (Å²) in [6.07, 6.45) is 1.13. The van der Waals surface area contributed by atoms with Gasteiger partial charge in [-0.1, -0.05) is 37.3 Å². The van der Waals surface area contributed by atoms with Gasteiger partial charge in [0, 0.05) is 31.7 Å². The molecular weight excluding hydrogens is 379 g/mol. The van der Waals surface area contributed by atoms with E-state index in [1.165, 1.54) is 6.07 Å². The van der Waals surface area contributed by atoms with Crippen LogP contribution in [0.25, 0.3) is 0 Å². The molecule has 7 heteroatoms. The fraction of sp³-hybridized carbons (Fsp3) is 0.429. The van der Waals surface area contributed by atoms with E-state index in [0.717, 1.165) is 6.54 Å². The molecule has 2 aliphatic rings. The molecule has 0 radical (unpaired) electrons. The third-order valence-corrected chi connectivity index (χ3v) is 7.69.